The fraction of sp³-hybridized carbons (Fsp3) is 0.333. The molecule has 2 aromatic rings. The number of nitrogens with zero attached hydrogens (tertiary/aromatic N) is 2. The van der Waals surface area contributed by atoms with Gasteiger partial charge in [0.2, 0.25) is 0 Å². The molecule has 0 saturated carbocycles. The van der Waals surface area contributed by atoms with Crippen LogP contribution in [0.4, 0.5) is 4.79 Å². The van der Waals surface area contributed by atoms with Gasteiger partial charge < -0.3 is 19.5 Å². The number of rotatable bonds is 4. The van der Waals surface area contributed by atoms with E-state index < -0.39 is 0 Å². The van der Waals surface area contributed by atoms with Gasteiger partial charge in [-0.3, -0.25) is 4.79 Å². The SMILES string of the molecule is O=C(NCCc1cccc(Cl)c1)N1CCN(C(=O)c2ccco2)CC1. The lowest BCUT2D eigenvalue weighted by Crippen LogP contribution is -2.53. The molecule has 132 valence electrons. The lowest BCUT2D eigenvalue weighted by atomic mass is 10.1. The van der Waals surface area contributed by atoms with Crippen molar-refractivity contribution in [3.63, 3.8) is 0 Å². The highest BCUT2D eigenvalue weighted by molar-refractivity contribution is 6.30. The molecule has 1 saturated heterocycles. The molecule has 1 N–H and O–H groups in total. The van der Waals surface area contributed by atoms with E-state index in [1.165, 1.54) is 6.26 Å². The van der Waals surface area contributed by atoms with E-state index in [9.17, 15) is 9.59 Å². The van der Waals surface area contributed by atoms with Gasteiger partial charge in [-0.05, 0) is 36.2 Å². The van der Waals surface area contributed by atoms with Crippen LogP contribution < -0.4 is 5.32 Å². The molecule has 25 heavy (non-hydrogen) atoms. The number of amides is 3. The van der Waals surface area contributed by atoms with Crippen LogP contribution in [0.25, 0.3) is 0 Å². The molecular weight excluding hydrogens is 342 g/mol. The number of nitrogens with one attached hydrogen (secondary N) is 1. The molecule has 1 fully saturated rings. The minimum absolute atomic E-state index is 0.105. The summed E-state index contributed by atoms with van der Waals surface area (Å²) in [6.45, 7) is 2.57. The maximum absolute atomic E-state index is 12.2. The third kappa shape index (κ3) is 4.54. The van der Waals surface area contributed by atoms with E-state index in [1.807, 2.05) is 24.3 Å². The molecule has 1 aromatic carbocycles. The number of carbonyl (C=O) groups excluding carboxylic acids is 2. The van der Waals surface area contributed by atoms with Gasteiger partial charge in [-0.1, -0.05) is 23.7 Å². The molecule has 0 atom stereocenters. The van der Waals surface area contributed by atoms with E-state index in [1.54, 1.807) is 21.9 Å². The van der Waals surface area contributed by atoms with Crippen LogP contribution in [0.15, 0.2) is 47.1 Å². The van der Waals surface area contributed by atoms with E-state index >= 15 is 0 Å². The highest BCUT2D eigenvalue weighted by Crippen LogP contribution is 2.11. The monoisotopic (exact) mass is 361 g/mol. The number of urea groups is 1. The molecule has 0 unspecified atom stereocenters. The summed E-state index contributed by atoms with van der Waals surface area (Å²) in [7, 11) is 0. The maximum Gasteiger partial charge on any atom is 0.317 e. The van der Waals surface area contributed by atoms with Crippen LogP contribution >= 0.6 is 11.6 Å². The Morgan fingerprint density at radius 3 is 2.52 bits per heavy atom. The Bertz CT molecular complexity index is 725. The Labute approximate surface area is 151 Å². The van der Waals surface area contributed by atoms with E-state index in [-0.39, 0.29) is 11.9 Å². The number of benzene rings is 1. The van der Waals surface area contributed by atoms with Gasteiger partial charge in [0.15, 0.2) is 5.76 Å². The Hall–Kier alpha value is -2.47. The lowest BCUT2D eigenvalue weighted by molar-refractivity contribution is 0.0634. The van der Waals surface area contributed by atoms with Gasteiger partial charge in [-0.2, -0.15) is 0 Å². The van der Waals surface area contributed by atoms with E-state index in [4.69, 9.17) is 16.0 Å². The normalized spacial score (nSPS) is 14.4. The molecule has 2 heterocycles. The standard InChI is InChI=1S/C18H20ClN3O3/c19-15-4-1-3-14(13-15)6-7-20-18(24)22-10-8-21(9-11-22)17(23)16-5-2-12-25-16/h1-5,12-13H,6-11H2,(H,20,24). The van der Waals surface area contributed by atoms with Crippen molar-refractivity contribution in [1.82, 2.24) is 15.1 Å². The molecule has 0 aliphatic carbocycles. The summed E-state index contributed by atoms with van der Waals surface area (Å²) >= 11 is 5.95. The van der Waals surface area contributed by atoms with Crippen molar-refractivity contribution >= 4 is 23.5 Å². The van der Waals surface area contributed by atoms with Crippen LogP contribution in [0.1, 0.15) is 16.1 Å². The fourth-order valence-corrected chi connectivity index (χ4v) is 3.00. The minimum atomic E-state index is -0.133. The summed E-state index contributed by atoms with van der Waals surface area (Å²) in [5.41, 5.74) is 1.08. The molecule has 6 nitrogen and oxygen atoms in total. The van der Waals surface area contributed by atoms with Gasteiger partial charge in [-0.25, -0.2) is 4.79 Å². The molecule has 0 radical (unpaired) electrons. The zero-order chi connectivity index (χ0) is 17.6. The van der Waals surface area contributed by atoms with Crippen LogP contribution in [-0.4, -0.2) is 54.5 Å². The fourth-order valence-electron chi connectivity index (χ4n) is 2.79. The van der Waals surface area contributed by atoms with E-state index in [2.05, 4.69) is 5.32 Å². The van der Waals surface area contributed by atoms with Gasteiger partial charge in [0.05, 0.1) is 6.26 Å². The predicted octanol–water partition coefficient (Wildman–Crippen LogP) is 2.64. The number of carbonyl (C=O) groups is 2. The summed E-state index contributed by atoms with van der Waals surface area (Å²) in [5, 5.41) is 3.61. The number of hydrogen-bond acceptors (Lipinski definition) is 3. The first kappa shape index (κ1) is 17.4. The second-order valence-electron chi connectivity index (χ2n) is 5.87. The van der Waals surface area contributed by atoms with Crippen LogP contribution in [-0.2, 0) is 6.42 Å². The van der Waals surface area contributed by atoms with Crippen LogP contribution in [0.5, 0.6) is 0 Å². The third-order valence-corrected chi connectivity index (χ3v) is 4.40. The molecular formula is C18H20ClN3O3. The molecule has 1 aliphatic rings. The van der Waals surface area contributed by atoms with Crippen molar-refractivity contribution < 1.29 is 14.0 Å². The predicted molar refractivity (Wildman–Crippen MR) is 94.7 cm³/mol. The quantitative estimate of drug-likeness (QED) is 0.910. The van der Waals surface area contributed by atoms with Crippen LogP contribution in [0, 0.1) is 0 Å². The Kier molecular flexibility index (Phi) is 5.60. The zero-order valence-corrected chi connectivity index (χ0v) is 14.5. The second kappa shape index (κ2) is 8.07. The van der Waals surface area contributed by atoms with Crippen molar-refractivity contribution in [2.24, 2.45) is 0 Å². The first-order valence-corrected chi connectivity index (χ1v) is 8.61. The Morgan fingerprint density at radius 1 is 1.08 bits per heavy atom. The molecule has 3 rings (SSSR count). The summed E-state index contributed by atoms with van der Waals surface area (Å²) in [6.07, 6.45) is 2.21. The van der Waals surface area contributed by atoms with Gasteiger partial charge >= 0.3 is 6.03 Å². The smallest absolute Gasteiger partial charge is 0.317 e. The summed E-state index contributed by atoms with van der Waals surface area (Å²) in [5.74, 6) is 0.199. The Balaban J connectivity index is 1.41. The van der Waals surface area contributed by atoms with Crippen LogP contribution in [0.2, 0.25) is 5.02 Å². The number of halogens is 1. The summed E-state index contributed by atoms with van der Waals surface area (Å²) in [4.78, 5) is 27.9. The molecule has 7 heteroatoms. The van der Waals surface area contributed by atoms with Gasteiger partial charge in [0, 0.05) is 37.7 Å². The van der Waals surface area contributed by atoms with E-state index in [0.29, 0.717) is 43.5 Å². The molecule has 0 spiro atoms. The first-order chi connectivity index (χ1) is 12.1. The van der Waals surface area contributed by atoms with Gasteiger partial charge in [0.25, 0.3) is 5.91 Å². The van der Waals surface area contributed by atoms with Crippen molar-refractivity contribution in [3.8, 4) is 0 Å². The third-order valence-electron chi connectivity index (χ3n) is 4.16. The van der Waals surface area contributed by atoms with Crippen molar-refractivity contribution in [1.29, 1.82) is 0 Å². The minimum Gasteiger partial charge on any atom is -0.459 e. The Morgan fingerprint density at radius 2 is 1.84 bits per heavy atom. The number of piperazine rings is 1. The average Bonchev–Trinajstić information content (AvgIpc) is 3.16. The first-order valence-electron chi connectivity index (χ1n) is 8.23. The largest absolute Gasteiger partial charge is 0.459 e. The zero-order valence-electron chi connectivity index (χ0n) is 13.8. The topological polar surface area (TPSA) is 65.8 Å². The van der Waals surface area contributed by atoms with Crippen molar-refractivity contribution in [2.45, 2.75) is 6.42 Å². The molecule has 1 aromatic heterocycles. The van der Waals surface area contributed by atoms with Crippen molar-refractivity contribution in [3.05, 3.63) is 59.0 Å². The highest BCUT2D eigenvalue weighted by atomic mass is 35.5. The van der Waals surface area contributed by atoms with Gasteiger partial charge in [0.1, 0.15) is 0 Å². The average molecular weight is 362 g/mol. The second-order valence-corrected chi connectivity index (χ2v) is 6.30. The summed E-state index contributed by atoms with van der Waals surface area (Å²) < 4.78 is 5.13. The van der Waals surface area contributed by atoms with E-state index in [0.717, 1.165) is 12.0 Å². The number of furan rings is 1. The molecule has 3 amide bonds. The van der Waals surface area contributed by atoms with Crippen molar-refractivity contribution in [2.75, 3.05) is 32.7 Å². The molecule has 1 aliphatic heterocycles. The van der Waals surface area contributed by atoms with Crippen LogP contribution in [0.3, 0.4) is 0 Å². The summed E-state index contributed by atoms with van der Waals surface area (Å²) in [6, 6.07) is 10.8. The maximum atomic E-state index is 12.2. The highest BCUT2D eigenvalue weighted by Gasteiger charge is 2.25. The molecule has 0 bridgehead atoms. The van der Waals surface area contributed by atoms with Gasteiger partial charge in [-0.15, -0.1) is 0 Å². The number of hydrogen-bond donors (Lipinski definition) is 1. The lowest BCUT2D eigenvalue weighted by Gasteiger charge is -2.34.